The van der Waals surface area contributed by atoms with Crippen molar-refractivity contribution in [3.8, 4) is 17.3 Å². The van der Waals surface area contributed by atoms with Gasteiger partial charge in [0.15, 0.2) is 0 Å². The minimum absolute atomic E-state index is 0.201. The van der Waals surface area contributed by atoms with Gasteiger partial charge >= 0.3 is 0 Å². The van der Waals surface area contributed by atoms with E-state index in [2.05, 4.69) is 46.0 Å². The number of methoxy groups -OCH3 is 1. The van der Waals surface area contributed by atoms with E-state index >= 15 is 0 Å². The van der Waals surface area contributed by atoms with Crippen LogP contribution < -0.4 is 5.32 Å². The molecule has 3 aromatic heterocycles. The largest absolute Gasteiger partial charge is 0.375 e. The molecule has 0 amide bonds. The number of nitriles is 1. The van der Waals surface area contributed by atoms with Gasteiger partial charge in [-0.2, -0.15) is 5.26 Å². The summed E-state index contributed by atoms with van der Waals surface area (Å²) >= 11 is 0. The fourth-order valence-corrected chi connectivity index (χ4v) is 3.54. The van der Waals surface area contributed by atoms with Gasteiger partial charge in [-0.1, -0.05) is 6.08 Å². The second kappa shape index (κ2) is 7.86. The topological polar surface area (TPSA) is 88.6 Å². The van der Waals surface area contributed by atoms with Crippen molar-refractivity contribution in [2.45, 2.75) is 32.0 Å². The average molecular weight is 386 g/mol. The van der Waals surface area contributed by atoms with E-state index < -0.39 is 0 Å². The maximum atomic E-state index is 9.20. The highest BCUT2D eigenvalue weighted by Crippen LogP contribution is 2.31. The molecule has 1 aliphatic carbocycles. The van der Waals surface area contributed by atoms with Crippen molar-refractivity contribution >= 4 is 16.9 Å². The number of hydrogen-bond acceptors (Lipinski definition) is 6. The lowest BCUT2D eigenvalue weighted by molar-refractivity contribution is 0.134. The fourth-order valence-electron chi connectivity index (χ4n) is 3.54. The predicted molar refractivity (Wildman–Crippen MR) is 112 cm³/mol. The molecule has 0 fully saturated rings. The lowest BCUT2D eigenvalue weighted by Gasteiger charge is -2.24. The summed E-state index contributed by atoms with van der Waals surface area (Å²) in [6, 6.07) is 6.15. The van der Waals surface area contributed by atoms with Crippen molar-refractivity contribution in [3.63, 3.8) is 0 Å². The lowest BCUT2D eigenvalue weighted by Crippen LogP contribution is -2.34. The monoisotopic (exact) mass is 386 g/mol. The molecule has 3 aromatic rings. The zero-order valence-electron chi connectivity index (χ0n) is 16.6. The third-order valence-electron chi connectivity index (χ3n) is 5.00. The molecule has 1 N–H and O–H groups in total. The summed E-state index contributed by atoms with van der Waals surface area (Å²) in [4.78, 5) is 13.4. The van der Waals surface area contributed by atoms with Crippen LogP contribution in [0.3, 0.4) is 0 Å². The van der Waals surface area contributed by atoms with Crippen LogP contribution in [0.5, 0.6) is 0 Å². The highest BCUT2D eigenvalue weighted by molar-refractivity contribution is 5.94. The van der Waals surface area contributed by atoms with Gasteiger partial charge in [-0.05, 0) is 38.1 Å². The first-order valence-electron chi connectivity index (χ1n) is 9.48. The maximum Gasteiger partial charge on any atom is 0.223 e. The first-order chi connectivity index (χ1) is 14.1. The molecule has 7 heteroatoms. The number of allylic oxidation sites excluding steroid dienone is 2. The smallest absolute Gasteiger partial charge is 0.223 e. The normalized spacial score (nSPS) is 18.7. The Morgan fingerprint density at radius 1 is 1.28 bits per heavy atom. The molecule has 0 spiro atoms. The molecule has 0 saturated heterocycles. The van der Waals surface area contributed by atoms with Gasteiger partial charge in [0.05, 0.1) is 35.6 Å². The average Bonchev–Trinajstić information content (AvgIpc) is 3.14. The Morgan fingerprint density at radius 3 is 2.90 bits per heavy atom. The molecular formula is C22H22N6O. The molecule has 0 bridgehead atoms. The van der Waals surface area contributed by atoms with Crippen LogP contribution in [0, 0.1) is 11.3 Å². The standard InChI is InChI=1S/C22H22N6O/c1-14(2)28-13-17(16-6-8-24-12-20(16)28)18-7-9-25-22(26-18)27-19-10-15(11-23)4-5-21(19)29-3/h4-10,12-14,19,21H,1-3H3,(H,25,26,27). The SMILES string of the molecule is COC1C=CC(C#N)=CC1Nc1nccc(-c2cn(C(C)C)c3cnccc23)n1. The number of hydrogen-bond donors (Lipinski definition) is 1. The first-order valence-corrected chi connectivity index (χ1v) is 9.48. The summed E-state index contributed by atoms with van der Waals surface area (Å²) in [5.41, 5.74) is 3.51. The Balaban J connectivity index is 1.70. The van der Waals surface area contributed by atoms with E-state index in [0.29, 0.717) is 17.6 Å². The van der Waals surface area contributed by atoms with Crippen molar-refractivity contribution in [1.29, 1.82) is 5.26 Å². The molecule has 146 valence electrons. The Labute approximate surface area is 169 Å². The van der Waals surface area contributed by atoms with Gasteiger partial charge in [0.2, 0.25) is 5.95 Å². The van der Waals surface area contributed by atoms with Crippen molar-refractivity contribution in [3.05, 3.63) is 60.7 Å². The highest BCUT2D eigenvalue weighted by atomic mass is 16.5. The molecule has 0 radical (unpaired) electrons. The van der Waals surface area contributed by atoms with Gasteiger partial charge in [-0.3, -0.25) is 4.98 Å². The molecule has 2 unspecified atom stereocenters. The minimum atomic E-state index is -0.226. The second-order valence-electron chi connectivity index (χ2n) is 7.17. The molecule has 2 atom stereocenters. The van der Waals surface area contributed by atoms with Crippen LogP contribution in [0.4, 0.5) is 5.95 Å². The predicted octanol–water partition coefficient (Wildman–Crippen LogP) is 3.89. The van der Waals surface area contributed by atoms with Crippen molar-refractivity contribution in [2.24, 2.45) is 0 Å². The van der Waals surface area contributed by atoms with E-state index in [1.165, 1.54) is 0 Å². The van der Waals surface area contributed by atoms with Crippen LogP contribution in [-0.2, 0) is 4.74 Å². The molecule has 0 saturated carbocycles. The van der Waals surface area contributed by atoms with Crippen LogP contribution >= 0.6 is 0 Å². The van der Waals surface area contributed by atoms with E-state index in [9.17, 15) is 5.26 Å². The Morgan fingerprint density at radius 2 is 2.14 bits per heavy atom. The van der Waals surface area contributed by atoms with Gasteiger partial charge in [0, 0.05) is 48.3 Å². The number of rotatable bonds is 5. The number of anilines is 1. The zero-order valence-corrected chi connectivity index (χ0v) is 16.6. The number of aromatic nitrogens is 4. The van der Waals surface area contributed by atoms with Crippen LogP contribution in [0.1, 0.15) is 19.9 Å². The summed E-state index contributed by atoms with van der Waals surface area (Å²) in [6.07, 6.45) is 12.8. The fraction of sp³-hybridized carbons (Fsp3) is 0.273. The quantitative estimate of drug-likeness (QED) is 0.716. The summed E-state index contributed by atoms with van der Waals surface area (Å²) in [7, 11) is 1.64. The van der Waals surface area contributed by atoms with Crippen LogP contribution in [0.2, 0.25) is 0 Å². The second-order valence-corrected chi connectivity index (χ2v) is 7.17. The summed E-state index contributed by atoms with van der Waals surface area (Å²) in [5.74, 6) is 0.484. The summed E-state index contributed by atoms with van der Waals surface area (Å²) in [6.45, 7) is 4.29. The van der Waals surface area contributed by atoms with Crippen LogP contribution in [-0.4, -0.2) is 38.8 Å². The van der Waals surface area contributed by atoms with E-state index in [4.69, 9.17) is 9.72 Å². The number of ether oxygens (including phenoxy) is 1. The number of fused-ring (bicyclic) bond motifs is 1. The zero-order chi connectivity index (χ0) is 20.4. The molecule has 1 aliphatic rings. The van der Waals surface area contributed by atoms with E-state index in [0.717, 1.165) is 22.2 Å². The molecule has 0 aromatic carbocycles. The minimum Gasteiger partial charge on any atom is -0.375 e. The maximum absolute atomic E-state index is 9.20. The lowest BCUT2D eigenvalue weighted by atomic mass is 10.0. The molecule has 4 rings (SSSR count). The van der Waals surface area contributed by atoms with Crippen molar-refractivity contribution in [1.82, 2.24) is 19.5 Å². The van der Waals surface area contributed by atoms with E-state index in [1.54, 1.807) is 25.6 Å². The van der Waals surface area contributed by atoms with E-state index in [-0.39, 0.29) is 12.1 Å². The molecule has 0 aliphatic heterocycles. The molecule has 7 nitrogen and oxygen atoms in total. The van der Waals surface area contributed by atoms with Crippen LogP contribution in [0.15, 0.2) is 60.7 Å². The third-order valence-corrected chi connectivity index (χ3v) is 5.00. The Bertz CT molecular complexity index is 1140. The molecular weight excluding hydrogens is 364 g/mol. The van der Waals surface area contributed by atoms with Crippen LogP contribution in [0.25, 0.3) is 22.2 Å². The van der Waals surface area contributed by atoms with Crippen molar-refractivity contribution in [2.75, 3.05) is 12.4 Å². The van der Waals surface area contributed by atoms with Gasteiger partial charge in [0.1, 0.15) is 0 Å². The number of nitrogens with one attached hydrogen (secondary N) is 1. The number of pyridine rings is 1. The van der Waals surface area contributed by atoms with E-state index in [1.807, 2.05) is 30.5 Å². The van der Waals surface area contributed by atoms with Gasteiger partial charge in [-0.15, -0.1) is 0 Å². The van der Waals surface area contributed by atoms with Crippen molar-refractivity contribution < 1.29 is 4.74 Å². The van der Waals surface area contributed by atoms with Gasteiger partial charge in [-0.25, -0.2) is 9.97 Å². The Kier molecular flexibility index (Phi) is 5.10. The molecule has 3 heterocycles. The number of nitrogens with zero attached hydrogens (tertiary/aromatic N) is 5. The third kappa shape index (κ3) is 3.62. The first kappa shape index (κ1) is 18.8. The summed E-state index contributed by atoms with van der Waals surface area (Å²) < 4.78 is 7.70. The Hall–Kier alpha value is -3.50. The molecule has 29 heavy (non-hydrogen) atoms. The van der Waals surface area contributed by atoms with Gasteiger partial charge < -0.3 is 14.6 Å². The summed E-state index contributed by atoms with van der Waals surface area (Å²) in [5, 5.41) is 13.6. The highest BCUT2D eigenvalue weighted by Gasteiger charge is 2.22. The van der Waals surface area contributed by atoms with Gasteiger partial charge in [0.25, 0.3) is 0 Å².